The Hall–Kier alpha value is -0.980. The van der Waals surface area contributed by atoms with Crippen LogP contribution in [0.4, 0.5) is 0 Å². The number of ether oxygens (including phenoxy) is 1. The normalized spacial score (nSPS) is 10.5. The molecule has 0 saturated heterocycles. The summed E-state index contributed by atoms with van der Waals surface area (Å²) in [5.41, 5.74) is 2.31. The van der Waals surface area contributed by atoms with Crippen LogP contribution in [-0.2, 0) is 0 Å². The summed E-state index contributed by atoms with van der Waals surface area (Å²) in [4.78, 5) is 0. The van der Waals surface area contributed by atoms with E-state index in [9.17, 15) is 0 Å². The van der Waals surface area contributed by atoms with Gasteiger partial charge < -0.3 is 4.74 Å². The van der Waals surface area contributed by atoms with Gasteiger partial charge in [0, 0.05) is 0 Å². The fraction of sp³-hybridized carbons (Fsp3) is 0.417. The minimum atomic E-state index is 0.529. The topological polar surface area (TPSA) is 9.23 Å². The Bertz CT molecular complexity index is 276. The molecule has 0 fully saturated rings. The Morgan fingerprint density at radius 1 is 1.31 bits per heavy atom. The van der Waals surface area contributed by atoms with Crippen LogP contribution in [0.25, 0.3) is 0 Å². The molecule has 13 heavy (non-hydrogen) atoms. The minimum absolute atomic E-state index is 0.529. The van der Waals surface area contributed by atoms with Gasteiger partial charge in [0.1, 0.15) is 5.75 Å². The highest BCUT2D eigenvalue weighted by molar-refractivity contribution is 5.37. The fourth-order valence-corrected chi connectivity index (χ4v) is 1.27. The Kier molecular flexibility index (Phi) is 3.35. The lowest BCUT2D eigenvalue weighted by Gasteiger charge is -2.10. The summed E-state index contributed by atoms with van der Waals surface area (Å²) >= 11 is 0. The van der Waals surface area contributed by atoms with Crippen molar-refractivity contribution < 1.29 is 4.74 Å². The van der Waals surface area contributed by atoms with E-state index in [1.54, 1.807) is 0 Å². The summed E-state index contributed by atoms with van der Waals surface area (Å²) in [6.07, 6.45) is 0. The molecule has 0 unspecified atom stereocenters. The van der Waals surface area contributed by atoms with Gasteiger partial charge in [0.15, 0.2) is 0 Å². The first-order valence-electron chi connectivity index (χ1n) is 4.73. The lowest BCUT2D eigenvalue weighted by molar-refractivity contribution is 0.339. The van der Waals surface area contributed by atoms with Gasteiger partial charge >= 0.3 is 0 Å². The smallest absolute Gasteiger partial charge is 0.119 e. The molecular weight excluding hydrogens is 160 g/mol. The summed E-state index contributed by atoms with van der Waals surface area (Å²) < 4.78 is 5.44. The molecule has 0 bridgehead atoms. The third-order valence-corrected chi connectivity index (χ3v) is 1.97. The molecule has 0 aliphatic rings. The van der Waals surface area contributed by atoms with Gasteiger partial charge in [-0.15, -0.1) is 0 Å². The van der Waals surface area contributed by atoms with Crippen molar-refractivity contribution >= 4 is 0 Å². The predicted molar refractivity (Wildman–Crippen MR) is 56.2 cm³/mol. The maximum Gasteiger partial charge on any atom is 0.119 e. The molecule has 0 aliphatic heterocycles. The van der Waals surface area contributed by atoms with E-state index in [1.165, 1.54) is 5.56 Å². The molecule has 0 spiro atoms. The molecule has 0 N–H and O–H groups in total. The van der Waals surface area contributed by atoms with Gasteiger partial charge in [-0.25, -0.2) is 0 Å². The second kappa shape index (κ2) is 4.31. The van der Waals surface area contributed by atoms with Crippen molar-refractivity contribution in [2.75, 3.05) is 6.61 Å². The summed E-state index contributed by atoms with van der Waals surface area (Å²) in [6.45, 7) is 11.0. The Balaban J connectivity index is 2.96. The van der Waals surface area contributed by atoms with Crippen LogP contribution in [0.2, 0.25) is 0 Å². The molecule has 1 nitrogen and oxygen atoms in total. The van der Waals surface area contributed by atoms with Gasteiger partial charge in [0.05, 0.1) is 6.61 Å². The Labute approximate surface area is 80.7 Å². The molecule has 0 aromatic heterocycles. The monoisotopic (exact) mass is 177 g/mol. The van der Waals surface area contributed by atoms with Gasteiger partial charge in [0.2, 0.25) is 0 Å². The quantitative estimate of drug-likeness (QED) is 0.687. The molecule has 1 aromatic carbocycles. The highest BCUT2D eigenvalue weighted by atomic mass is 16.5. The van der Waals surface area contributed by atoms with Crippen molar-refractivity contribution in [1.82, 2.24) is 0 Å². The lowest BCUT2D eigenvalue weighted by Crippen LogP contribution is -1.95. The fourth-order valence-electron chi connectivity index (χ4n) is 1.27. The van der Waals surface area contributed by atoms with Gasteiger partial charge in [-0.2, -0.15) is 0 Å². The maximum atomic E-state index is 5.44. The van der Waals surface area contributed by atoms with Gasteiger partial charge in [-0.1, -0.05) is 19.9 Å². The van der Waals surface area contributed by atoms with Crippen molar-refractivity contribution in [3.8, 4) is 5.75 Å². The number of rotatable bonds is 3. The van der Waals surface area contributed by atoms with Crippen LogP contribution in [0.1, 0.15) is 37.8 Å². The van der Waals surface area contributed by atoms with E-state index in [0.717, 1.165) is 11.3 Å². The van der Waals surface area contributed by atoms with E-state index in [1.807, 2.05) is 13.0 Å². The van der Waals surface area contributed by atoms with Gasteiger partial charge in [-0.3, -0.25) is 0 Å². The molecule has 0 atom stereocenters. The maximum absolute atomic E-state index is 5.44. The average molecular weight is 177 g/mol. The predicted octanol–water partition coefficient (Wildman–Crippen LogP) is 3.39. The van der Waals surface area contributed by atoms with Crippen LogP contribution in [0.3, 0.4) is 0 Å². The number of hydrogen-bond acceptors (Lipinski definition) is 1. The van der Waals surface area contributed by atoms with Crippen molar-refractivity contribution in [1.29, 1.82) is 0 Å². The van der Waals surface area contributed by atoms with Crippen LogP contribution in [-0.4, -0.2) is 6.61 Å². The molecule has 0 saturated carbocycles. The Morgan fingerprint density at radius 2 is 2.00 bits per heavy atom. The van der Waals surface area contributed by atoms with E-state index in [4.69, 9.17) is 4.74 Å². The summed E-state index contributed by atoms with van der Waals surface area (Å²) in [5.74, 6) is 1.46. The molecule has 1 heteroatoms. The van der Waals surface area contributed by atoms with Crippen LogP contribution in [0.5, 0.6) is 5.75 Å². The van der Waals surface area contributed by atoms with Gasteiger partial charge in [0.25, 0.3) is 0 Å². The summed E-state index contributed by atoms with van der Waals surface area (Å²) in [6, 6.07) is 6.16. The highest BCUT2D eigenvalue weighted by Gasteiger charge is 2.02. The zero-order valence-corrected chi connectivity index (χ0v) is 8.63. The van der Waals surface area contributed by atoms with Crippen LogP contribution >= 0.6 is 0 Å². The molecule has 1 rings (SSSR count). The molecule has 71 valence electrons. The van der Waals surface area contributed by atoms with Gasteiger partial charge in [-0.05, 0) is 43.0 Å². The number of benzene rings is 1. The van der Waals surface area contributed by atoms with Crippen molar-refractivity contribution in [2.45, 2.75) is 26.7 Å². The lowest BCUT2D eigenvalue weighted by atomic mass is 10.0. The first-order chi connectivity index (χ1) is 6.13. The molecule has 0 heterocycles. The van der Waals surface area contributed by atoms with E-state index >= 15 is 0 Å². The third-order valence-electron chi connectivity index (χ3n) is 1.97. The van der Waals surface area contributed by atoms with Crippen LogP contribution in [0.15, 0.2) is 18.2 Å². The first-order valence-corrected chi connectivity index (χ1v) is 4.73. The third kappa shape index (κ3) is 2.76. The van der Waals surface area contributed by atoms with E-state index < -0.39 is 0 Å². The molecule has 0 amide bonds. The summed E-state index contributed by atoms with van der Waals surface area (Å²) in [5, 5.41) is 0. The zero-order chi connectivity index (χ0) is 9.84. The first kappa shape index (κ1) is 10.1. The molecule has 0 aliphatic carbocycles. The van der Waals surface area contributed by atoms with Crippen LogP contribution in [0, 0.1) is 6.92 Å². The second-order valence-corrected chi connectivity index (χ2v) is 3.50. The average Bonchev–Trinajstić information content (AvgIpc) is 2.03. The van der Waals surface area contributed by atoms with E-state index in [0.29, 0.717) is 12.5 Å². The zero-order valence-electron chi connectivity index (χ0n) is 8.63. The van der Waals surface area contributed by atoms with Crippen molar-refractivity contribution in [3.05, 3.63) is 36.2 Å². The minimum Gasteiger partial charge on any atom is -0.494 e. The van der Waals surface area contributed by atoms with Crippen LogP contribution < -0.4 is 4.74 Å². The molecule has 1 aromatic rings. The molecular formula is C12H17O. The molecule has 1 radical (unpaired) electrons. The Morgan fingerprint density at radius 3 is 2.54 bits per heavy atom. The van der Waals surface area contributed by atoms with Crippen molar-refractivity contribution in [2.24, 2.45) is 0 Å². The number of hydrogen-bond donors (Lipinski definition) is 0. The summed E-state index contributed by atoms with van der Waals surface area (Å²) in [7, 11) is 0. The van der Waals surface area contributed by atoms with Crippen molar-refractivity contribution in [3.63, 3.8) is 0 Å². The SMILES string of the molecule is [CH2]c1cc(OCC)cc(C(C)C)c1. The standard InChI is InChI=1S/C12H17O/c1-5-13-12-7-10(4)6-11(8-12)9(2)3/h6-9H,4-5H2,1-3H3. The largest absolute Gasteiger partial charge is 0.494 e. The second-order valence-electron chi connectivity index (χ2n) is 3.50. The van der Waals surface area contributed by atoms with E-state index in [2.05, 4.69) is 32.9 Å². The highest BCUT2D eigenvalue weighted by Crippen LogP contribution is 2.22. The van der Waals surface area contributed by atoms with E-state index in [-0.39, 0.29) is 0 Å².